The molecule has 3 aromatic rings. The van der Waals surface area contributed by atoms with Gasteiger partial charge in [-0.15, -0.1) is 10.2 Å². The van der Waals surface area contributed by atoms with Crippen LogP contribution in [0.25, 0.3) is 11.3 Å². The molecule has 1 aliphatic rings. The molecule has 0 spiro atoms. The van der Waals surface area contributed by atoms with Crippen molar-refractivity contribution in [3.05, 3.63) is 78.1 Å². The third-order valence-electron chi connectivity index (χ3n) is 5.69. The Kier molecular flexibility index (Phi) is 6.87. The van der Waals surface area contributed by atoms with Crippen molar-refractivity contribution in [1.82, 2.24) is 15.5 Å². The minimum atomic E-state index is -0.272. The van der Waals surface area contributed by atoms with Crippen molar-refractivity contribution in [2.24, 2.45) is 5.92 Å². The van der Waals surface area contributed by atoms with Crippen LogP contribution < -0.4 is 10.2 Å². The van der Waals surface area contributed by atoms with Gasteiger partial charge in [0.1, 0.15) is 5.82 Å². The summed E-state index contributed by atoms with van der Waals surface area (Å²) in [5.41, 5.74) is 2.82. The minimum absolute atomic E-state index is 0.0379. The number of rotatable bonds is 7. The van der Waals surface area contributed by atoms with Gasteiger partial charge in [-0.05, 0) is 67.6 Å². The molecule has 1 atom stereocenters. The number of amides is 1. The molecule has 1 aromatic heterocycles. The molecule has 0 aliphatic carbocycles. The fraction of sp³-hybridized carbons (Fsp3) is 0.320. The number of halogens is 1. The van der Waals surface area contributed by atoms with E-state index >= 15 is 0 Å². The number of aryl methyl sites for hydroxylation is 1. The van der Waals surface area contributed by atoms with Crippen molar-refractivity contribution in [2.45, 2.75) is 25.7 Å². The third kappa shape index (κ3) is 5.66. The van der Waals surface area contributed by atoms with Gasteiger partial charge in [-0.1, -0.05) is 30.3 Å². The van der Waals surface area contributed by atoms with Gasteiger partial charge < -0.3 is 10.2 Å². The Balaban J connectivity index is 1.28. The van der Waals surface area contributed by atoms with Crippen LogP contribution in [0, 0.1) is 11.7 Å². The molecule has 1 N–H and O–H groups in total. The van der Waals surface area contributed by atoms with Crippen LogP contribution in [0.15, 0.2) is 66.7 Å². The molecule has 0 radical (unpaired) electrons. The summed E-state index contributed by atoms with van der Waals surface area (Å²) in [4.78, 5) is 14.8. The number of aromatic nitrogens is 2. The number of benzene rings is 2. The number of piperidine rings is 1. The summed E-state index contributed by atoms with van der Waals surface area (Å²) in [6.07, 6.45) is 3.74. The number of nitrogens with one attached hydrogen (secondary N) is 1. The van der Waals surface area contributed by atoms with Crippen LogP contribution in [0.5, 0.6) is 0 Å². The van der Waals surface area contributed by atoms with Crippen molar-refractivity contribution in [3.8, 4) is 11.3 Å². The lowest BCUT2D eigenvalue weighted by Gasteiger charge is -2.32. The first kappa shape index (κ1) is 21.0. The highest BCUT2D eigenvalue weighted by atomic mass is 19.1. The second kappa shape index (κ2) is 10.2. The molecule has 4 rings (SSSR count). The fourth-order valence-electron chi connectivity index (χ4n) is 3.96. The van der Waals surface area contributed by atoms with Gasteiger partial charge in [0.05, 0.1) is 11.6 Å². The molecular formula is C25H27FN4O. The van der Waals surface area contributed by atoms with E-state index in [1.165, 1.54) is 17.7 Å². The number of hydrogen-bond donors (Lipinski definition) is 1. The predicted octanol–water partition coefficient (Wildman–Crippen LogP) is 4.25. The Bertz CT molecular complexity index is 977. The first-order valence-corrected chi connectivity index (χ1v) is 10.9. The third-order valence-corrected chi connectivity index (χ3v) is 5.69. The second-order valence-corrected chi connectivity index (χ2v) is 7.95. The topological polar surface area (TPSA) is 58.1 Å². The second-order valence-electron chi connectivity index (χ2n) is 7.95. The van der Waals surface area contributed by atoms with Crippen LogP contribution in [0.1, 0.15) is 24.8 Å². The summed E-state index contributed by atoms with van der Waals surface area (Å²) in [6, 6.07) is 20.4. The highest BCUT2D eigenvalue weighted by Gasteiger charge is 2.26. The largest absolute Gasteiger partial charge is 0.356 e. The Morgan fingerprint density at radius 3 is 2.58 bits per heavy atom. The molecule has 5 nitrogen and oxygen atoms in total. The number of carbonyl (C=O) groups is 1. The monoisotopic (exact) mass is 418 g/mol. The highest BCUT2D eigenvalue weighted by Crippen LogP contribution is 2.23. The quantitative estimate of drug-likeness (QED) is 0.583. The molecule has 1 saturated heterocycles. The first-order chi connectivity index (χ1) is 15.2. The van der Waals surface area contributed by atoms with Gasteiger partial charge in [0.2, 0.25) is 5.91 Å². The van der Waals surface area contributed by atoms with Crippen LogP contribution in [-0.2, 0) is 11.2 Å². The van der Waals surface area contributed by atoms with Gasteiger partial charge in [-0.3, -0.25) is 4.79 Å². The van der Waals surface area contributed by atoms with Gasteiger partial charge in [0.25, 0.3) is 0 Å². The molecule has 1 aliphatic heterocycles. The summed E-state index contributed by atoms with van der Waals surface area (Å²) in [5.74, 6) is 0.580. The number of hydrogen-bond acceptors (Lipinski definition) is 4. The Morgan fingerprint density at radius 2 is 1.84 bits per heavy atom. The first-order valence-electron chi connectivity index (χ1n) is 10.9. The summed E-state index contributed by atoms with van der Waals surface area (Å²) >= 11 is 0. The maximum absolute atomic E-state index is 13.1. The van der Waals surface area contributed by atoms with E-state index < -0.39 is 0 Å². The van der Waals surface area contributed by atoms with E-state index in [0.717, 1.165) is 43.6 Å². The zero-order chi connectivity index (χ0) is 21.5. The van der Waals surface area contributed by atoms with Crippen LogP contribution in [0.2, 0.25) is 0 Å². The Hall–Kier alpha value is -3.28. The number of anilines is 1. The summed E-state index contributed by atoms with van der Waals surface area (Å²) < 4.78 is 13.1. The van der Waals surface area contributed by atoms with E-state index in [4.69, 9.17) is 0 Å². The maximum Gasteiger partial charge on any atom is 0.224 e. The summed E-state index contributed by atoms with van der Waals surface area (Å²) in [5, 5.41) is 11.8. The Labute approximate surface area is 182 Å². The van der Waals surface area contributed by atoms with Crippen LogP contribution in [0.4, 0.5) is 10.2 Å². The Morgan fingerprint density at radius 1 is 1.03 bits per heavy atom. The average molecular weight is 419 g/mol. The lowest BCUT2D eigenvalue weighted by Crippen LogP contribution is -2.43. The molecule has 160 valence electrons. The molecule has 6 heteroatoms. The normalized spacial score (nSPS) is 16.2. The average Bonchev–Trinajstić information content (AvgIpc) is 2.83. The van der Waals surface area contributed by atoms with Gasteiger partial charge in [-0.2, -0.15) is 0 Å². The molecule has 0 bridgehead atoms. The molecule has 2 aromatic carbocycles. The number of nitrogens with zero attached hydrogens (tertiary/aromatic N) is 3. The highest BCUT2D eigenvalue weighted by molar-refractivity contribution is 5.79. The van der Waals surface area contributed by atoms with Crippen molar-refractivity contribution in [1.29, 1.82) is 0 Å². The van der Waals surface area contributed by atoms with E-state index in [2.05, 4.69) is 32.5 Å². The molecule has 0 saturated carbocycles. The molecule has 31 heavy (non-hydrogen) atoms. The van der Waals surface area contributed by atoms with Crippen LogP contribution in [-0.4, -0.2) is 35.7 Å². The van der Waals surface area contributed by atoms with Crippen LogP contribution >= 0.6 is 0 Å². The summed E-state index contributed by atoms with van der Waals surface area (Å²) in [6.45, 7) is 2.20. The van der Waals surface area contributed by atoms with Gasteiger partial charge in [0, 0.05) is 25.2 Å². The molecule has 1 fully saturated rings. The number of carbonyl (C=O) groups excluding carboxylic acids is 1. The van der Waals surface area contributed by atoms with E-state index in [1.807, 2.05) is 30.3 Å². The van der Waals surface area contributed by atoms with Crippen LogP contribution in [0.3, 0.4) is 0 Å². The van der Waals surface area contributed by atoms with Gasteiger partial charge in [0.15, 0.2) is 5.82 Å². The molecule has 1 amide bonds. The standard InChI is InChI=1S/C25H27FN4O/c26-22-12-10-20(11-13-22)23-14-15-24(29-28-23)30-17-5-9-21(18-30)25(31)27-16-4-8-19-6-2-1-3-7-19/h1-3,6-7,10-15,21H,4-5,8-9,16-18H2,(H,27,31)/t21-/m1/s1. The van der Waals surface area contributed by atoms with E-state index in [9.17, 15) is 9.18 Å². The zero-order valence-electron chi connectivity index (χ0n) is 17.5. The SMILES string of the molecule is O=C(NCCCc1ccccc1)[C@@H]1CCCN(c2ccc(-c3ccc(F)cc3)nn2)C1. The van der Waals surface area contributed by atoms with E-state index in [0.29, 0.717) is 18.8 Å². The van der Waals surface area contributed by atoms with E-state index in [-0.39, 0.29) is 17.6 Å². The van der Waals surface area contributed by atoms with Crippen molar-refractivity contribution >= 4 is 11.7 Å². The van der Waals surface area contributed by atoms with Crippen molar-refractivity contribution in [2.75, 3.05) is 24.5 Å². The van der Waals surface area contributed by atoms with Crippen molar-refractivity contribution < 1.29 is 9.18 Å². The lowest BCUT2D eigenvalue weighted by atomic mass is 9.97. The maximum atomic E-state index is 13.1. The summed E-state index contributed by atoms with van der Waals surface area (Å²) in [7, 11) is 0. The molecule has 2 heterocycles. The van der Waals surface area contributed by atoms with Gasteiger partial charge in [-0.25, -0.2) is 4.39 Å². The fourth-order valence-corrected chi connectivity index (χ4v) is 3.96. The minimum Gasteiger partial charge on any atom is -0.356 e. The smallest absolute Gasteiger partial charge is 0.224 e. The van der Waals surface area contributed by atoms with Crippen molar-refractivity contribution in [3.63, 3.8) is 0 Å². The molecule has 0 unspecified atom stereocenters. The van der Waals surface area contributed by atoms with Gasteiger partial charge >= 0.3 is 0 Å². The molecular weight excluding hydrogens is 391 g/mol. The lowest BCUT2D eigenvalue weighted by molar-refractivity contribution is -0.125. The zero-order valence-corrected chi connectivity index (χ0v) is 17.5. The predicted molar refractivity (Wildman–Crippen MR) is 120 cm³/mol. The van der Waals surface area contributed by atoms with E-state index in [1.54, 1.807) is 12.1 Å².